The molecule has 0 saturated carbocycles. The average Bonchev–Trinajstić information content (AvgIpc) is 3.12. The van der Waals surface area contributed by atoms with Crippen molar-refractivity contribution < 1.29 is 14.5 Å². The maximum Gasteiger partial charge on any atom is 0.271 e. The Hall–Kier alpha value is -2.97. The van der Waals surface area contributed by atoms with Crippen LogP contribution in [0.3, 0.4) is 0 Å². The van der Waals surface area contributed by atoms with Crippen LogP contribution in [-0.2, 0) is 4.79 Å². The van der Waals surface area contributed by atoms with Gasteiger partial charge in [-0.1, -0.05) is 41.9 Å². The molecule has 0 radical (unpaired) electrons. The number of thiazole rings is 1. The van der Waals surface area contributed by atoms with Gasteiger partial charge in [0.05, 0.1) is 15.6 Å². The van der Waals surface area contributed by atoms with Crippen molar-refractivity contribution in [3.05, 3.63) is 69.0 Å². The number of hydrogen-bond acceptors (Lipinski definition) is 6. The van der Waals surface area contributed by atoms with E-state index < -0.39 is 16.9 Å². The summed E-state index contributed by atoms with van der Waals surface area (Å²) in [6.45, 7) is 1.55. The van der Waals surface area contributed by atoms with Gasteiger partial charge in [-0.3, -0.25) is 20.2 Å². The molecule has 0 spiro atoms. The van der Waals surface area contributed by atoms with Crippen molar-refractivity contribution in [1.82, 2.24) is 4.98 Å². The van der Waals surface area contributed by atoms with E-state index in [4.69, 9.17) is 16.3 Å². The predicted molar refractivity (Wildman–Crippen MR) is 104 cm³/mol. The number of hydrogen-bond donors (Lipinski definition) is 1. The second-order valence-corrected chi connectivity index (χ2v) is 6.79. The van der Waals surface area contributed by atoms with Gasteiger partial charge in [-0.2, -0.15) is 0 Å². The number of nitrogens with one attached hydrogen (secondary N) is 1. The molecule has 27 heavy (non-hydrogen) atoms. The standard InChI is InChI=1S/C18H14ClN3O4S/c1-11(26-16-8-7-13(22(24)25)9-14(16)19)17(23)21-18-20-15(10-27-18)12-5-3-2-4-6-12/h2-11H,1H3,(H,20,21,23). The van der Waals surface area contributed by atoms with E-state index >= 15 is 0 Å². The molecule has 1 aromatic heterocycles. The van der Waals surface area contributed by atoms with Gasteiger partial charge in [-0.15, -0.1) is 11.3 Å². The van der Waals surface area contributed by atoms with Crippen LogP contribution in [-0.4, -0.2) is 21.9 Å². The number of non-ortho nitro benzene ring substituents is 1. The van der Waals surface area contributed by atoms with Crippen LogP contribution >= 0.6 is 22.9 Å². The van der Waals surface area contributed by atoms with Crippen LogP contribution in [0.4, 0.5) is 10.8 Å². The Morgan fingerprint density at radius 3 is 2.70 bits per heavy atom. The smallest absolute Gasteiger partial charge is 0.271 e. The number of amides is 1. The van der Waals surface area contributed by atoms with Crippen molar-refractivity contribution in [2.24, 2.45) is 0 Å². The number of nitrogens with zero attached hydrogens (tertiary/aromatic N) is 2. The summed E-state index contributed by atoms with van der Waals surface area (Å²) in [7, 11) is 0. The van der Waals surface area contributed by atoms with Crippen LogP contribution < -0.4 is 10.1 Å². The van der Waals surface area contributed by atoms with Crippen LogP contribution in [0.25, 0.3) is 11.3 Å². The highest BCUT2D eigenvalue weighted by Crippen LogP contribution is 2.30. The third kappa shape index (κ3) is 4.60. The first-order valence-corrected chi connectivity index (χ1v) is 9.12. The predicted octanol–water partition coefficient (Wildman–Crippen LogP) is 4.78. The number of anilines is 1. The van der Waals surface area contributed by atoms with Gasteiger partial charge in [0.15, 0.2) is 11.2 Å². The fourth-order valence-corrected chi connectivity index (χ4v) is 3.16. The maximum atomic E-state index is 12.3. The molecule has 1 amide bonds. The topological polar surface area (TPSA) is 94.4 Å². The highest BCUT2D eigenvalue weighted by molar-refractivity contribution is 7.14. The molecule has 1 N–H and O–H groups in total. The van der Waals surface area contributed by atoms with E-state index in [2.05, 4.69) is 10.3 Å². The molecule has 138 valence electrons. The molecular formula is C18H14ClN3O4S. The van der Waals surface area contributed by atoms with E-state index in [1.165, 1.54) is 29.5 Å². The Balaban J connectivity index is 1.65. The summed E-state index contributed by atoms with van der Waals surface area (Å²) in [6, 6.07) is 13.4. The summed E-state index contributed by atoms with van der Waals surface area (Å²) in [5.41, 5.74) is 1.57. The molecule has 7 nitrogen and oxygen atoms in total. The van der Waals surface area contributed by atoms with Crippen LogP contribution in [0.15, 0.2) is 53.9 Å². The van der Waals surface area contributed by atoms with E-state index in [1.807, 2.05) is 35.7 Å². The van der Waals surface area contributed by atoms with E-state index in [1.54, 1.807) is 6.92 Å². The number of nitro benzene ring substituents is 1. The zero-order valence-corrected chi connectivity index (χ0v) is 15.7. The second kappa shape index (κ2) is 8.15. The van der Waals surface area contributed by atoms with Crippen molar-refractivity contribution in [2.75, 3.05) is 5.32 Å². The number of rotatable bonds is 6. The average molecular weight is 404 g/mol. The molecule has 0 fully saturated rings. The lowest BCUT2D eigenvalue weighted by Gasteiger charge is -2.14. The lowest BCUT2D eigenvalue weighted by molar-refractivity contribution is -0.384. The molecule has 9 heteroatoms. The Morgan fingerprint density at radius 2 is 2.04 bits per heavy atom. The number of aromatic nitrogens is 1. The van der Waals surface area contributed by atoms with Crippen LogP contribution in [0.2, 0.25) is 5.02 Å². The maximum absolute atomic E-state index is 12.3. The lowest BCUT2D eigenvalue weighted by atomic mass is 10.2. The van der Waals surface area contributed by atoms with Crippen molar-refractivity contribution in [3.63, 3.8) is 0 Å². The number of nitro groups is 1. The molecule has 3 aromatic rings. The molecule has 0 bridgehead atoms. The van der Waals surface area contributed by atoms with Crippen LogP contribution in [0.5, 0.6) is 5.75 Å². The van der Waals surface area contributed by atoms with Crippen molar-refractivity contribution >= 4 is 39.7 Å². The molecule has 3 rings (SSSR count). The number of halogens is 1. The van der Waals surface area contributed by atoms with Gasteiger partial charge in [-0.05, 0) is 13.0 Å². The second-order valence-electron chi connectivity index (χ2n) is 5.53. The van der Waals surface area contributed by atoms with Gasteiger partial charge in [0.25, 0.3) is 11.6 Å². The number of carbonyl (C=O) groups excluding carboxylic acids is 1. The van der Waals surface area contributed by atoms with Gasteiger partial charge < -0.3 is 4.74 Å². The molecule has 0 aliphatic heterocycles. The quantitative estimate of drug-likeness (QED) is 0.472. The summed E-state index contributed by atoms with van der Waals surface area (Å²) in [4.78, 5) is 26.9. The summed E-state index contributed by atoms with van der Waals surface area (Å²) in [5, 5.41) is 15.8. The minimum Gasteiger partial charge on any atom is -0.479 e. The van der Waals surface area contributed by atoms with Gasteiger partial charge in [-0.25, -0.2) is 4.98 Å². The molecule has 1 atom stereocenters. The van der Waals surface area contributed by atoms with E-state index in [-0.39, 0.29) is 16.5 Å². The minimum absolute atomic E-state index is 0.0597. The largest absolute Gasteiger partial charge is 0.479 e. The third-order valence-corrected chi connectivity index (χ3v) is 4.66. The number of benzene rings is 2. The van der Waals surface area contributed by atoms with Crippen LogP contribution in [0, 0.1) is 10.1 Å². The molecule has 2 aromatic carbocycles. The lowest BCUT2D eigenvalue weighted by Crippen LogP contribution is -2.30. The van der Waals surface area contributed by atoms with E-state index in [0.29, 0.717) is 5.13 Å². The van der Waals surface area contributed by atoms with Crippen LogP contribution in [0.1, 0.15) is 6.92 Å². The van der Waals surface area contributed by atoms with Gasteiger partial charge in [0, 0.05) is 23.1 Å². The van der Waals surface area contributed by atoms with Crippen molar-refractivity contribution in [1.29, 1.82) is 0 Å². The van der Waals surface area contributed by atoms with E-state index in [9.17, 15) is 14.9 Å². The molecule has 1 heterocycles. The zero-order valence-electron chi connectivity index (χ0n) is 14.1. The monoisotopic (exact) mass is 403 g/mol. The minimum atomic E-state index is -0.868. The first-order chi connectivity index (χ1) is 12.9. The zero-order chi connectivity index (χ0) is 19.4. The SMILES string of the molecule is CC(Oc1ccc([N+](=O)[O-])cc1Cl)C(=O)Nc1nc(-c2ccccc2)cs1. The fraction of sp³-hybridized carbons (Fsp3) is 0.111. The Kier molecular flexibility index (Phi) is 5.68. The highest BCUT2D eigenvalue weighted by atomic mass is 35.5. The molecule has 0 aliphatic carbocycles. The van der Waals surface area contributed by atoms with E-state index in [0.717, 1.165) is 11.3 Å². The Morgan fingerprint density at radius 1 is 1.30 bits per heavy atom. The third-order valence-electron chi connectivity index (χ3n) is 3.60. The molecule has 1 unspecified atom stereocenters. The highest BCUT2D eigenvalue weighted by Gasteiger charge is 2.19. The fourth-order valence-electron chi connectivity index (χ4n) is 2.22. The normalized spacial score (nSPS) is 11.6. The number of carbonyl (C=O) groups is 1. The van der Waals surface area contributed by atoms with Crippen molar-refractivity contribution in [3.8, 4) is 17.0 Å². The first kappa shape index (κ1) is 18.8. The van der Waals surface area contributed by atoms with Gasteiger partial charge in [0.2, 0.25) is 0 Å². The molecule has 0 aliphatic rings. The van der Waals surface area contributed by atoms with Gasteiger partial charge >= 0.3 is 0 Å². The number of ether oxygens (including phenoxy) is 1. The van der Waals surface area contributed by atoms with Gasteiger partial charge in [0.1, 0.15) is 5.75 Å². The first-order valence-electron chi connectivity index (χ1n) is 7.86. The summed E-state index contributed by atoms with van der Waals surface area (Å²) in [6.07, 6.45) is -0.868. The van der Waals surface area contributed by atoms with Crippen molar-refractivity contribution in [2.45, 2.75) is 13.0 Å². The molecule has 0 saturated heterocycles. The molecular weight excluding hydrogens is 390 g/mol. The summed E-state index contributed by atoms with van der Waals surface area (Å²) in [5.74, 6) is -0.215. The summed E-state index contributed by atoms with van der Waals surface area (Å²) < 4.78 is 5.52. The Bertz CT molecular complexity index is 978. The summed E-state index contributed by atoms with van der Waals surface area (Å²) >= 11 is 7.29. The Labute approximate surface area is 163 Å².